The van der Waals surface area contributed by atoms with E-state index in [1.807, 2.05) is 0 Å². The van der Waals surface area contributed by atoms with Gasteiger partial charge in [-0.25, -0.2) is 0 Å². The van der Waals surface area contributed by atoms with Gasteiger partial charge >= 0.3 is 0 Å². The molecule has 1 nitrogen and oxygen atoms in total. The largest absolute Gasteiger partial charge is 0.320 e. The number of hydrogen-bond donors (Lipinski definition) is 1. The highest BCUT2D eigenvalue weighted by Crippen LogP contribution is 2.32. The van der Waals surface area contributed by atoms with E-state index in [0.29, 0.717) is 0 Å². The third-order valence-corrected chi connectivity index (χ3v) is 5.35. The minimum absolute atomic E-state index is 0.0449. The van der Waals surface area contributed by atoms with Gasteiger partial charge in [0.1, 0.15) is 0 Å². The fourth-order valence-corrected chi connectivity index (χ4v) is 4.08. The van der Waals surface area contributed by atoms with E-state index in [1.165, 1.54) is 23.8 Å². The molecule has 2 heterocycles. The van der Waals surface area contributed by atoms with Gasteiger partial charge in [0, 0.05) is 9.75 Å². The second-order valence-electron chi connectivity index (χ2n) is 3.57. The van der Waals surface area contributed by atoms with E-state index in [2.05, 4.69) is 54.0 Å². The Morgan fingerprint density at radius 3 is 2.53 bits per heavy atom. The van der Waals surface area contributed by atoms with E-state index in [0.717, 1.165) is 0 Å². The minimum atomic E-state index is 0.0449. The van der Waals surface area contributed by atoms with Crippen molar-refractivity contribution in [1.82, 2.24) is 0 Å². The van der Waals surface area contributed by atoms with Gasteiger partial charge in [0.25, 0.3) is 0 Å². The van der Waals surface area contributed by atoms with Crippen LogP contribution in [0, 0.1) is 16.7 Å². The maximum atomic E-state index is 6.26. The van der Waals surface area contributed by atoms with Crippen LogP contribution in [0.5, 0.6) is 0 Å². The van der Waals surface area contributed by atoms with Crippen LogP contribution in [-0.4, -0.2) is 0 Å². The summed E-state index contributed by atoms with van der Waals surface area (Å²) in [5.41, 5.74) is 8.80. The van der Waals surface area contributed by atoms with Crippen LogP contribution < -0.4 is 5.73 Å². The summed E-state index contributed by atoms with van der Waals surface area (Å²) in [5.74, 6) is 0. The maximum absolute atomic E-state index is 6.26. The summed E-state index contributed by atoms with van der Waals surface area (Å²) in [6.07, 6.45) is 0. The van der Waals surface area contributed by atoms with E-state index < -0.39 is 0 Å². The lowest BCUT2D eigenvalue weighted by molar-refractivity contribution is 0.890. The van der Waals surface area contributed by atoms with E-state index >= 15 is 0 Å². The molecule has 2 N–H and O–H groups in total. The average molecular weight is 349 g/mol. The highest BCUT2D eigenvalue weighted by molar-refractivity contribution is 14.1. The first-order chi connectivity index (χ1) is 7.08. The summed E-state index contributed by atoms with van der Waals surface area (Å²) in [6.45, 7) is 4.27. The normalized spacial score (nSPS) is 13.1. The quantitative estimate of drug-likeness (QED) is 0.813. The molecule has 1 unspecified atom stereocenters. The standard InChI is InChI=1S/C11H12INS2/c1-6-3-7(2)15-11(6)10(13)8-4-9(12)14-5-8/h3-5,10H,13H2,1-2H3. The lowest BCUT2D eigenvalue weighted by Gasteiger charge is -2.08. The van der Waals surface area contributed by atoms with Gasteiger partial charge in [0.05, 0.1) is 8.93 Å². The van der Waals surface area contributed by atoms with Crippen molar-refractivity contribution in [3.8, 4) is 0 Å². The van der Waals surface area contributed by atoms with Gasteiger partial charge in [-0.05, 0) is 65.1 Å². The number of thiophene rings is 2. The molecular weight excluding hydrogens is 337 g/mol. The molecule has 0 aromatic carbocycles. The Hall–Kier alpha value is 0.0900. The van der Waals surface area contributed by atoms with Crippen LogP contribution in [0.4, 0.5) is 0 Å². The molecular formula is C11H12INS2. The zero-order valence-corrected chi connectivity index (χ0v) is 12.4. The monoisotopic (exact) mass is 349 g/mol. The van der Waals surface area contributed by atoms with Crippen molar-refractivity contribution in [2.24, 2.45) is 5.73 Å². The molecule has 2 rings (SSSR count). The molecule has 0 saturated heterocycles. The van der Waals surface area contributed by atoms with Crippen molar-refractivity contribution >= 4 is 45.3 Å². The highest BCUT2D eigenvalue weighted by Gasteiger charge is 2.15. The second-order valence-corrected chi connectivity index (χ2v) is 7.66. The molecule has 0 bridgehead atoms. The maximum Gasteiger partial charge on any atom is 0.0657 e. The Bertz CT molecular complexity index is 473. The van der Waals surface area contributed by atoms with Crippen molar-refractivity contribution in [2.45, 2.75) is 19.9 Å². The van der Waals surface area contributed by atoms with Gasteiger partial charge in [-0.3, -0.25) is 0 Å². The van der Waals surface area contributed by atoms with E-state index in [1.54, 1.807) is 22.7 Å². The Labute approximate surface area is 111 Å². The van der Waals surface area contributed by atoms with E-state index in [4.69, 9.17) is 5.73 Å². The van der Waals surface area contributed by atoms with Gasteiger partial charge in [-0.15, -0.1) is 22.7 Å². The first-order valence-corrected chi connectivity index (χ1v) is 7.42. The molecule has 0 aliphatic heterocycles. The summed E-state index contributed by atoms with van der Waals surface area (Å²) < 4.78 is 1.30. The number of nitrogens with two attached hydrogens (primary N) is 1. The number of hydrogen-bond acceptors (Lipinski definition) is 3. The molecule has 15 heavy (non-hydrogen) atoms. The molecule has 0 saturated carbocycles. The molecule has 0 fully saturated rings. The van der Waals surface area contributed by atoms with Crippen LogP contribution in [0.3, 0.4) is 0 Å². The summed E-state index contributed by atoms with van der Waals surface area (Å²) in [4.78, 5) is 2.63. The smallest absolute Gasteiger partial charge is 0.0657 e. The molecule has 1 atom stereocenters. The topological polar surface area (TPSA) is 26.0 Å². The van der Waals surface area contributed by atoms with Crippen LogP contribution >= 0.6 is 45.3 Å². The van der Waals surface area contributed by atoms with E-state index in [-0.39, 0.29) is 6.04 Å². The summed E-state index contributed by atoms with van der Waals surface area (Å²) >= 11 is 5.89. The van der Waals surface area contributed by atoms with Gasteiger partial charge in [0.2, 0.25) is 0 Å². The summed E-state index contributed by atoms with van der Waals surface area (Å²) in [5, 5.41) is 2.15. The molecule has 2 aromatic heterocycles. The van der Waals surface area contributed by atoms with Crippen molar-refractivity contribution in [3.05, 3.63) is 41.3 Å². The van der Waals surface area contributed by atoms with Crippen LogP contribution in [0.25, 0.3) is 0 Å². The van der Waals surface area contributed by atoms with E-state index in [9.17, 15) is 0 Å². The average Bonchev–Trinajstić information content (AvgIpc) is 2.71. The number of rotatable bonds is 2. The molecule has 0 spiro atoms. The fourth-order valence-electron chi connectivity index (χ4n) is 1.61. The number of aryl methyl sites for hydroxylation is 2. The van der Waals surface area contributed by atoms with Crippen molar-refractivity contribution in [3.63, 3.8) is 0 Å². The van der Waals surface area contributed by atoms with Gasteiger partial charge < -0.3 is 5.73 Å². The lowest BCUT2D eigenvalue weighted by atomic mass is 10.1. The molecule has 0 aliphatic rings. The fraction of sp³-hybridized carbons (Fsp3) is 0.273. The molecule has 0 radical (unpaired) electrons. The third-order valence-electron chi connectivity index (χ3n) is 2.31. The predicted octanol–water partition coefficient (Wildman–Crippen LogP) is 4.08. The predicted molar refractivity (Wildman–Crippen MR) is 76.9 cm³/mol. The minimum Gasteiger partial charge on any atom is -0.320 e. The van der Waals surface area contributed by atoms with Crippen molar-refractivity contribution in [2.75, 3.05) is 0 Å². The zero-order valence-electron chi connectivity index (χ0n) is 8.58. The Kier molecular flexibility index (Phi) is 3.49. The Balaban J connectivity index is 2.35. The molecule has 4 heteroatoms. The Morgan fingerprint density at radius 1 is 1.33 bits per heavy atom. The summed E-state index contributed by atoms with van der Waals surface area (Å²) in [7, 11) is 0. The Morgan fingerprint density at radius 2 is 2.07 bits per heavy atom. The first-order valence-electron chi connectivity index (χ1n) is 4.64. The third kappa shape index (κ3) is 2.43. The molecule has 0 aliphatic carbocycles. The first kappa shape index (κ1) is 11.6. The van der Waals surface area contributed by atoms with Crippen LogP contribution in [0.15, 0.2) is 17.5 Å². The van der Waals surface area contributed by atoms with Crippen LogP contribution in [-0.2, 0) is 0 Å². The molecule has 0 amide bonds. The number of halogens is 1. The van der Waals surface area contributed by atoms with Crippen LogP contribution in [0.2, 0.25) is 0 Å². The molecule has 2 aromatic rings. The molecule has 80 valence electrons. The SMILES string of the molecule is Cc1cc(C)c(C(N)c2csc(I)c2)s1. The highest BCUT2D eigenvalue weighted by atomic mass is 127. The zero-order chi connectivity index (χ0) is 11.0. The van der Waals surface area contributed by atoms with Crippen molar-refractivity contribution in [1.29, 1.82) is 0 Å². The van der Waals surface area contributed by atoms with Gasteiger partial charge in [0.15, 0.2) is 0 Å². The summed E-state index contributed by atoms with van der Waals surface area (Å²) in [6, 6.07) is 4.42. The van der Waals surface area contributed by atoms with Crippen LogP contribution in [0.1, 0.15) is 26.9 Å². The van der Waals surface area contributed by atoms with Gasteiger partial charge in [-0.1, -0.05) is 0 Å². The van der Waals surface area contributed by atoms with Gasteiger partial charge in [-0.2, -0.15) is 0 Å². The van der Waals surface area contributed by atoms with Crippen molar-refractivity contribution < 1.29 is 0 Å². The second kappa shape index (κ2) is 4.53. The lowest BCUT2D eigenvalue weighted by Crippen LogP contribution is -2.10.